The maximum absolute atomic E-state index is 10.8. The summed E-state index contributed by atoms with van der Waals surface area (Å²) in [6.07, 6.45) is 0.873. The lowest BCUT2D eigenvalue weighted by Crippen LogP contribution is -2.35. The van der Waals surface area contributed by atoms with Crippen molar-refractivity contribution in [2.45, 2.75) is 5.51 Å². The summed E-state index contributed by atoms with van der Waals surface area (Å²) in [7, 11) is 1.58. The molecule has 10 heteroatoms. The molecular formula is C12H16F3NO5S. The quantitative estimate of drug-likeness (QED) is 0.361. The third kappa shape index (κ3) is 6.00. The molecule has 0 aliphatic rings. The molecule has 0 saturated heterocycles. The van der Waals surface area contributed by atoms with Gasteiger partial charge < -0.3 is 9.29 Å². The first kappa shape index (κ1) is 20.3. The van der Waals surface area contributed by atoms with E-state index in [1.807, 2.05) is 27.2 Å². The zero-order valence-corrected chi connectivity index (χ0v) is 13.2. The van der Waals surface area contributed by atoms with Gasteiger partial charge in [-0.1, -0.05) is 0 Å². The van der Waals surface area contributed by atoms with Crippen molar-refractivity contribution in [1.82, 2.24) is 4.48 Å². The highest BCUT2D eigenvalue weighted by atomic mass is 32.2. The largest absolute Gasteiger partial charge is 0.741 e. The number of halogens is 3. The molecule has 0 atom stereocenters. The van der Waals surface area contributed by atoms with Crippen molar-refractivity contribution in [2.75, 3.05) is 28.3 Å². The fourth-order valence-corrected chi connectivity index (χ4v) is 1.33. The molecule has 0 heterocycles. The van der Waals surface area contributed by atoms with Crippen LogP contribution >= 0.6 is 0 Å². The van der Waals surface area contributed by atoms with Gasteiger partial charge in [-0.25, -0.2) is 8.42 Å². The minimum atomic E-state index is -6.09. The van der Waals surface area contributed by atoms with Gasteiger partial charge in [0.25, 0.3) is 0 Å². The molecule has 1 aromatic carbocycles. The van der Waals surface area contributed by atoms with Crippen molar-refractivity contribution in [3.05, 3.63) is 23.8 Å². The number of hydrogen-bond donors (Lipinski definition) is 0. The Balaban J connectivity index is 0.000000472. The van der Waals surface area contributed by atoms with Crippen LogP contribution in [0.1, 0.15) is 10.4 Å². The molecule has 0 bridgehead atoms. The van der Waals surface area contributed by atoms with Gasteiger partial charge >= 0.3 is 5.51 Å². The van der Waals surface area contributed by atoms with Gasteiger partial charge in [-0.05, 0) is 12.1 Å². The number of hydrogen-bond acceptors (Lipinski definition) is 5. The van der Waals surface area contributed by atoms with E-state index in [4.69, 9.17) is 17.7 Å². The number of ether oxygens (including phenoxy) is 1. The summed E-state index contributed by atoms with van der Waals surface area (Å²) in [5.41, 5.74) is -3.98. The van der Waals surface area contributed by atoms with Crippen LogP contribution in [-0.2, 0) is 10.1 Å². The average Bonchev–Trinajstić information content (AvgIpc) is 2.35. The molecule has 0 aliphatic heterocycles. The van der Waals surface area contributed by atoms with Gasteiger partial charge in [-0.2, -0.15) is 13.2 Å². The number of quaternary nitrogens is 1. The fraction of sp³-hybridized carbons (Fsp3) is 0.417. The second kappa shape index (κ2) is 7.07. The van der Waals surface area contributed by atoms with E-state index >= 15 is 0 Å². The molecule has 0 unspecified atom stereocenters. The van der Waals surface area contributed by atoms with Crippen LogP contribution in [0.3, 0.4) is 0 Å². The molecule has 0 aromatic heterocycles. The van der Waals surface area contributed by atoms with Crippen LogP contribution in [0.15, 0.2) is 18.2 Å². The Kier molecular flexibility index (Phi) is 6.54. The predicted octanol–water partition coefficient (Wildman–Crippen LogP) is 1.76. The second-order valence-corrected chi connectivity index (χ2v) is 6.33. The number of nitrogens with zero attached hydrogens (tertiary/aromatic N) is 1. The summed E-state index contributed by atoms with van der Waals surface area (Å²) in [4.78, 5) is 10.8. The zero-order valence-electron chi connectivity index (χ0n) is 12.3. The maximum Gasteiger partial charge on any atom is 0.485 e. The van der Waals surface area contributed by atoms with Gasteiger partial charge in [0.1, 0.15) is 11.4 Å². The van der Waals surface area contributed by atoms with E-state index in [2.05, 4.69) is 0 Å². The van der Waals surface area contributed by atoms with Crippen molar-refractivity contribution < 1.29 is 35.7 Å². The van der Waals surface area contributed by atoms with Gasteiger partial charge in [0, 0.05) is 6.07 Å². The van der Waals surface area contributed by atoms with E-state index in [9.17, 15) is 18.0 Å². The summed E-state index contributed by atoms with van der Waals surface area (Å²) in [5.74, 6) is 0.777. The normalized spacial score (nSPS) is 12.2. The standard InChI is InChI=1S/C11H16NO2.CHF3O3S/c1-12(2,3)11-7-10(14-4)6-5-9(11)8-13;2-1(3,4)8(5,6)7/h5-8H,1-4H3;(H,5,6,7)/q+1;/p-1. The lowest BCUT2D eigenvalue weighted by atomic mass is 10.1. The van der Waals surface area contributed by atoms with E-state index < -0.39 is 15.6 Å². The lowest BCUT2D eigenvalue weighted by molar-refractivity contribution is -0.0517. The number of carbonyl (C=O) groups excluding carboxylic acids is 1. The number of aldehydes is 1. The van der Waals surface area contributed by atoms with Gasteiger partial charge in [0.05, 0.1) is 33.8 Å². The topological polar surface area (TPSA) is 83.5 Å². The van der Waals surface area contributed by atoms with Crippen LogP contribution in [0.5, 0.6) is 5.75 Å². The zero-order chi connectivity index (χ0) is 17.8. The minimum absolute atomic E-state index is 0.602. The highest BCUT2D eigenvalue weighted by Crippen LogP contribution is 2.26. The molecule has 6 nitrogen and oxygen atoms in total. The molecule has 1 rings (SSSR count). The SMILES string of the molecule is COc1ccc(C=O)c([N+](C)(C)C)c1.O=S(=O)([O-])C(F)(F)F. The molecule has 0 aliphatic carbocycles. The second-order valence-electron chi connectivity index (χ2n) is 4.95. The maximum atomic E-state index is 10.8. The van der Waals surface area contributed by atoms with E-state index in [0.717, 1.165) is 17.7 Å². The van der Waals surface area contributed by atoms with E-state index in [1.165, 1.54) is 0 Å². The Morgan fingerprint density at radius 2 is 1.68 bits per heavy atom. The van der Waals surface area contributed by atoms with Crippen molar-refractivity contribution >= 4 is 22.1 Å². The lowest BCUT2D eigenvalue weighted by Gasteiger charge is -2.25. The highest BCUT2D eigenvalue weighted by molar-refractivity contribution is 7.86. The number of benzene rings is 1. The Bertz CT molecular complexity index is 621. The van der Waals surface area contributed by atoms with E-state index in [0.29, 0.717) is 10.0 Å². The molecule has 0 saturated carbocycles. The first-order valence-corrected chi connectivity index (χ1v) is 7.12. The minimum Gasteiger partial charge on any atom is -0.741 e. The van der Waals surface area contributed by atoms with Crippen LogP contribution in [0.25, 0.3) is 0 Å². The Hall–Kier alpha value is -1.65. The van der Waals surface area contributed by atoms with E-state index in [1.54, 1.807) is 19.2 Å². The average molecular weight is 343 g/mol. The van der Waals surface area contributed by atoms with E-state index in [-0.39, 0.29) is 0 Å². The van der Waals surface area contributed by atoms with Crippen LogP contribution in [0.2, 0.25) is 0 Å². The van der Waals surface area contributed by atoms with Crippen LogP contribution in [0.4, 0.5) is 18.9 Å². The first-order valence-electron chi connectivity index (χ1n) is 5.71. The van der Waals surface area contributed by atoms with Gasteiger partial charge in [-0.15, -0.1) is 0 Å². The summed E-state index contributed by atoms with van der Waals surface area (Å²) in [6.45, 7) is 0. The summed E-state index contributed by atoms with van der Waals surface area (Å²) in [6, 6.07) is 5.47. The molecule has 126 valence electrons. The third-order valence-electron chi connectivity index (χ3n) is 2.37. The summed E-state index contributed by atoms with van der Waals surface area (Å²) < 4.78 is 64.6. The van der Waals surface area contributed by atoms with Crippen LogP contribution < -0.4 is 9.22 Å². The van der Waals surface area contributed by atoms with Gasteiger partial charge in [-0.3, -0.25) is 9.28 Å². The molecule has 0 fully saturated rings. The Morgan fingerprint density at radius 1 is 1.23 bits per heavy atom. The van der Waals surface area contributed by atoms with Crippen LogP contribution in [-0.4, -0.2) is 53.0 Å². The Morgan fingerprint density at radius 3 is 1.95 bits per heavy atom. The smallest absolute Gasteiger partial charge is 0.485 e. The summed E-state index contributed by atoms with van der Waals surface area (Å²) in [5, 5.41) is 0. The van der Waals surface area contributed by atoms with Crippen molar-refractivity contribution in [3.8, 4) is 5.75 Å². The molecule has 0 N–H and O–H groups in total. The monoisotopic (exact) mass is 343 g/mol. The van der Waals surface area contributed by atoms with Gasteiger partial charge in [0.2, 0.25) is 0 Å². The number of methoxy groups -OCH3 is 1. The molecule has 0 amide bonds. The number of alkyl halides is 3. The highest BCUT2D eigenvalue weighted by Gasteiger charge is 2.36. The molecule has 22 heavy (non-hydrogen) atoms. The van der Waals surface area contributed by atoms with Crippen LogP contribution in [0, 0.1) is 0 Å². The summed E-state index contributed by atoms with van der Waals surface area (Å²) >= 11 is 0. The molecule has 0 spiro atoms. The predicted molar refractivity (Wildman–Crippen MR) is 73.7 cm³/mol. The molecule has 1 aromatic rings. The fourth-order valence-electron chi connectivity index (χ4n) is 1.33. The molecule has 0 radical (unpaired) electrons. The van der Waals surface area contributed by atoms with Crippen molar-refractivity contribution in [1.29, 1.82) is 0 Å². The first-order chi connectivity index (χ1) is 9.74. The van der Waals surface area contributed by atoms with Gasteiger partial charge in [0.15, 0.2) is 16.4 Å². The van der Waals surface area contributed by atoms with Crippen molar-refractivity contribution in [2.24, 2.45) is 0 Å². The van der Waals surface area contributed by atoms with Crippen molar-refractivity contribution in [3.63, 3.8) is 0 Å². The Labute approximate surface area is 126 Å². The molecular weight excluding hydrogens is 327 g/mol. The number of rotatable bonds is 3. The number of carbonyl (C=O) groups is 1. The third-order valence-corrected chi connectivity index (χ3v) is 2.94.